The van der Waals surface area contributed by atoms with E-state index in [0.29, 0.717) is 11.1 Å². The number of benzene rings is 1. The van der Waals surface area contributed by atoms with Crippen molar-refractivity contribution in [3.63, 3.8) is 0 Å². The normalized spacial score (nSPS) is 10.8. The lowest BCUT2D eigenvalue weighted by Gasteiger charge is -2.05. The number of thiophene rings is 1. The van der Waals surface area contributed by atoms with Crippen molar-refractivity contribution in [2.75, 3.05) is 11.1 Å². The van der Waals surface area contributed by atoms with E-state index in [1.165, 1.54) is 41.5 Å². The van der Waals surface area contributed by atoms with E-state index in [2.05, 4.69) is 34.6 Å². The second kappa shape index (κ2) is 8.82. The number of nitrogens with zero attached hydrogens (tertiary/aromatic N) is 2. The molecule has 0 radical (unpaired) electrons. The predicted molar refractivity (Wildman–Crippen MR) is 102 cm³/mol. The SMILES string of the molecule is CCCCc1ccc(NC(=O)CSc2nnc(-c3cccs3)o2)cc1. The van der Waals surface area contributed by atoms with Crippen LogP contribution < -0.4 is 5.32 Å². The van der Waals surface area contributed by atoms with Crippen LogP contribution in [-0.4, -0.2) is 21.9 Å². The number of hydrogen-bond donors (Lipinski definition) is 1. The molecule has 2 heterocycles. The third-order valence-electron chi connectivity index (χ3n) is 3.52. The van der Waals surface area contributed by atoms with Crippen molar-refractivity contribution >= 4 is 34.7 Å². The highest BCUT2D eigenvalue weighted by Crippen LogP contribution is 2.26. The molecule has 0 unspecified atom stereocenters. The molecular weight excluding hydrogens is 354 g/mol. The number of carbonyl (C=O) groups excluding carboxylic acids is 1. The van der Waals surface area contributed by atoms with Crippen molar-refractivity contribution < 1.29 is 9.21 Å². The minimum absolute atomic E-state index is 0.0952. The van der Waals surface area contributed by atoms with E-state index in [9.17, 15) is 4.79 Å². The fraction of sp³-hybridized carbons (Fsp3) is 0.278. The summed E-state index contributed by atoms with van der Waals surface area (Å²) in [7, 11) is 0. The van der Waals surface area contributed by atoms with E-state index in [1.54, 1.807) is 0 Å². The van der Waals surface area contributed by atoms with E-state index < -0.39 is 0 Å². The van der Waals surface area contributed by atoms with Crippen molar-refractivity contribution in [3.8, 4) is 10.8 Å². The summed E-state index contributed by atoms with van der Waals surface area (Å²) in [6.45, 7) is 2.18. The van der Waals surface area contributed by atoms with E-state index in [0.717, 1.165) is 17.0 Å². The van der Waals surface area contributed by atoms with E-state index in [-0.39, 0.29) is 11.7 Å². The smallest absolute Gasteiger partial charge is 0.277 e. The average Bonchev–Trinajstić information content (AvgIpc) is 3.30. The summed E-state index contributed by atoms with van der Waals surface area (Å²) in [4.78, 5) is 13.0. The van der Waals surface area contributed by atoms with E-state index in [1.807, 2.05) is 29.6 Å². The number of anilines is 1. The first kappa shape index (κ1) is 17.7. The Kier molecular flexibility index (Phi) is 6.25. The highest BCUT2D eigenvalue weighted by molar-refractivity contribution is 7.99. The summed E-state index contributed by atoms with van der Waals surface area (Å²) in [6.07, 6.45) is 3.43. The molecule has 25 heavy (non-hydrogen) atoms. The first-order valence-corrected chi connectivity index (χ1v) is 10.00. The summed E-state index contributed by atoms with van der Waals surface area (Å²) >= 11 is 2.77. The summed E-state index contributed by atoms with van der Waals surface area (Å²) in [6, 6.07) is 11.8. The van der Waals surface area contributed by atoms with Crippen LogP contribution in [0.2, 0.25) is 0 Å². The molecule has 0 spiro atoms. The van der Waals surface area contributed by atoms with E-state index in [4.69, 9.17) is 4.42 Å². The van der Waals surface area contributed by atoms with Gasteiger partial charge >= 0.3 is 0 Å². The Hall–Kier alpha value is -2.12. The molecule has 0 saturated heterocycles. The quantitative estimate of drug-likeness (QED) is 0.571. The number of rotatable bonds is 8. The standard InChI is InChI=1S/C18H19N3O2S2/c1-2-3-5-13-7-9-14(10-8-13)19-16(22)12-25-18-21-20-17(23-18)15-6-4-11-24-15/h4,6-11H,2-3,5,12H2,1H3,(H,19,22). The molecule has 0 atom stereocenters. The zero-order valence-electron chi connectivity index (χ0n) is 13.9. The van der Waals surface area contributed by atoms with Gasteiger partial charge in [-0.15, -0.1) is 21.5 Å². The Morgan fingerprint density at radius 3 is 2.80 bits per heavy atom. The Balaban J connectivity index is 1.48. The van der Waals surface area contributed by atoms with Gasteiger partial charge in [-0.1, -0.05) is 43.3 Å². The number of amides is 1. The van der Waals surface area contributed by atoms with Gasteiger partial charge in [0.05, 0.1) is 10.6 Å². The Morgan fingerprint density at radius 2 is 2.08 bits per heavy atom. The number of aromatic nitrogens is 2. The van der Waals surface area contributed by atoms with Crippen LogP contribution in [-0.2, 0) is 11.2 Å². The number of aryl methyl sites for hydroxylation is 1. The van der Waals surface area contributed by atoms with Crippen LogP contribution in [0.25, 0.3) is 10.8 Å². The monoisotopic (exact) mass is 373 g/mol. The number of hydrogen-bond acceptors (Lipinski definition) is 6. The van der Waals surface area contributed by atoms with Gasteiger partial charge < -0.3 is 9.73 Å². The summed E-state index contributed by atoms with van der Waals surface area (Å²) in [5.41, 5.74) is 2.09. The topological polar surface area (TPSA) is 68.0 Å². The van der Waals surface area contributed by atoms with Gasteiger partial charge in [0.2, 0.25) is 5.91 Å². The second-order valence-corrected chi connectivity index (χ2v) is 7.36. The molecule has 1 aromatic carbocycles. The Labute approximate surface area is 154 Å². The number of unbranched alkanes of at least 4 members (excludes halogenated alkanes) is 1. The predicted octanol–water partition coefficient (Wildman–Crippen LogP) is 4.87. The molecule has 2 aromatic heterocycles. The third kappa shape index (κ3) is 5.17. The van der Waals surface area contributed by atoms with Gasteiger partial charge in [0.25, 0.3) is 11.1 Å². The maximum atomic E-state index is 12.1. The lowest BCUT2D eigenvalue weighted by atomic mass is 10.1. The van der Waals surface area contributed by atoms with Crippen molar-refractivity contribution in [2.45, 2.75) is 31.4 Å². The minimum Gasteiger partial charge on any atom is -0.410 e. The van der Waals surface area contributed by atoms with Gasteiger partial charge in [0, 0.05) is 5.69 Å². The Morgan fingerprint density at radius 1 is 1.24 bits per heavy atom. The zero-order valence-corrected chi connectivity index (χ0v) is 15.5. The van der Waals surface area contributed by atoms with Crippen LogP contribution in [0.15, 0.2) is 51.4 Å². The molecule has 5 nitrogen and oxygen atoms in total. The second-order valence-electron chi connectivity index (χ2n) is 5.49. The van der Waals surface area contributed by atoms with Crippen LogP contribution in [0, 0.1) is 0 Å². The highest BCUT2D eigenvalue weighted by atomic mass is 32.2. The lowest BCUT2D eigenvalue weighted by Crippen LogP contribution is -2.13. The maximum absolute atomic E-state index is 12.1. The molecule has 0 aliphatic heterocycles. The molecule has 0 saturated carbocycles. The molecular formula is C18H19N3O2S2. The molecule has 1 N–H and O–H groups in total. The van der Waals surface area contributed by atoms with Crippen LogP contribution >= 0.6 is 23.1 Å². The third-order valence-corrected chi connectivity index (χ3v) is 5.20. The molecule has 0 fully saturated rings. The fourth-order valence-electron chi connectivity index (χ4n) is 2.23. The zero-order chi connectivity index (χ0) is 17.5. The van der Waals surface area contributed by atoms with Crippen molar-refractivity contribution in [3.05, 3.63) is 47.3 Å². The average molecular weight is 374 g/mol. The first-order valence-electron chi connectivity index (χ1n) is 8.13. The molecule has 7 heteroatoms. The molecule has 0 aliphatic rings. The van der Waals surface area contributed by atoms with Crippen LogP contribution in [0.1, 0.15) is 25.3 Å². The van der Waals surface area contributed by atoms with Gasteiger partial charge in [-0.25, -0.2) is 0 Å². The first-order chi connectivity index (χ1) is 12.2. The van der Waals surface area contributed by atoms with Crippen molar-refractivity contribution in [1.29, 1.82) is 0 Å². The van der Waals surface area contributed by atoms with Crippen LogP contribution in [0.4, 0.5) is 5.69 Å². The maximum Gasteiger partial charge on any atom is 0.277 e. The van der Waals surface area contributed by atoms with E-state index >= 15 is 0 Å². The van der Waals surface area contributed by atoms with Crippen molar-refractivity contribution in [1.82, 2.24) is 10.2 Å². The number of nitrogens with one attached hydrogen (secondary N) is 1. The van der Waals surface area contributed by atoms with Gasteiger partial charge in [-0.05, 0) is 42.0 Å². The fourth-order valence-corrected chi connectivity index (χ4v) is 3.44. The molecule has 1 amide bonds. The van der Waals surface area contributed by atoms with Crippen LogP contribution in [0.5, 0.6) is 0 Å². The molecule has 0 aliphatic carbocycles. The van der Waals surface area contributed by atoms with Crippen molar-refractivity contribution in [2.24, 2.45) is 0 Å². The highest BCUT2D eigenvalue weighted by Gasteiger charge is 2.12. The summed E-state index contributed by atoms with van der Waals surface area (Å²) in [5.74, 6) is 0.617. The molecule has 3 rings (SSSR count). The molecule has 130 valence electrons. The molecule has 3 aromatic rings. The van der Waals surface area contributed by atoms with Gasteiger partial charge in [-0.2, -0.15) is 0 Å². The molecule has 0 bridgehead atoms. The summed E-state index contributed by atoms with van der Waals surface area (Å²) < 4.78 is 5.55. The Bertz CT molecular complexity index is 798. The number of thioether (sulfide) groups is 1. The minimum atomic E-state index is -0.0952. The van der Waals surface area contributed by atoms with Gasteiger partial charge in [0.1, 0.15) is 0 Å². The van der Waals surface area contributed by atoms with Crippen LogP contribution in [0.3, 0.4) is 0 Å². The lowest BCUT2D eigenvalue weighted by molar-refractivity contribution is -0.113. The number of carbonyl (C=O) groups is 1. The largest absolute Gasteiger partial charge is 0.410 e. The van der Waals surface area contributed by atoms with Gasteiger partial charge in [0.15, 0.2) is 0 Å². The summed E-state index contributed by atoms with van der Waals surface area (Å²) in [5, 5.41) is 13.2. The van der Waals surface area contributed by atoms with Gasteiger partial charge in [-0.3, -0.25) is 4.79 Å².